The fourth-order valence-electron chi connectivity index (χ4n) is 0.920. The Balaban J connectivity index is 4.03. The summed E-state index contributed by atoms with van der Waals surface area (Å²) < 4.78 is 8.69. The lowest BCUT2D eigenvalue weighted by molar-refractivity contribution is -0.655. The molecule has 0 saturated heterocycles. The Kier molecular flexibility index (Phi) is 6.57. The van der Waals surface area contributed by atoms with E-state index >= 15 is 0 Å². The van der Waals surface area contributed by atoms with Gasteiger partial charge in [-0.2, -0.15) is 0 Å². The molecule has 0 aromatic rings. The lowest BCUT2D eigenvalue weighted by Crippen LogP contribution is -2.34. The predicted molar refractivity (Wildman–Crippen MR) is 51.8 cm³/mol. The van der Waals surface area contributed by atoms with E-state index in [1.165, 1.54) is 14.2 Å². The van der Waals surface area contributed by atoms with Crippen molar-refractivity contribution in [3.8, 4) is 0 Å². The van der Waals surface area contributed by atoms with Crippen LogP contribution in [0.4, 0.5) is 0 Å². The number of ether oxygens (including phenoxy) is 2. The fourth-order valence-corrected chi connectivity index (χ4v) is 0.920. The fraction of sp³-hybridized carbons (Fsp3) is 0.750. The van der Waals surface area contributed by atoms with E-state index in [1.54, 1.807) is 0 Å². The molecule has 0 spiro atoms. The average Bonchev–Trinajstić information content (AvgIpc) is 2.27. The van der Waals surface area contributed by atoms with E-state index in [0.717, 1.165) is 5.01 Å². The summed E-state index contributed by atoms with van der Waals surface area (Å²) in [6, 6.07) is 0. The first-order chi connectivity index (χ1) is 7.51. The minimum absolute atomic E-state index is 0.0986. The van der Waals surface area contributed by atoms with Crippen LogP contribution >= 0.6 is 0 Å². The second-order valence-electron chi connectivity index (χ2n) is 2.84. The molecule has 0 saturated carbocycles. The number of carbonyl (C=O) groups excluding carboxylic acids is 2. The zero-order valence-electron chi connectivity index (χ0n) is 9.17. The third-order valence-corrected chi connectivity index (χ3v) is 1.83. The van der Waals surface area contributed by atoms with Gasteiger partial charge in [0.25, 0.3) is 0 Å². The molecule has 0 aromatic carbocycles. The summed E-state index contributed by atoms with van der Waals surface area (Å²) >= 11 is 0. The Hall–Kier alpha value is -1.86. The van der Waals surface area contributed by atoms with Crippen LogP contribution in [-0.4, -0.2) is 49.3 Å². The minimum atomic E-state index is -0.661. The van der Waals surface area contributed by atoms with Crippen molar-refractivity contribution in [1.29, 1.82) is 0 Å². The SMILES string of the molecule is COC(=O)CCN(CCC(=O)OC)[N+](=O)[O-]. The molecule has 0 aliphatic carbocycles. The van der Waals surface area contributed by atoms with Crippen molar-refractivity contribution < 1.29 is 24.1 Å². The molecule has 92 valence electrons. The highest BCUT2D eigenvalue weighted by atomic mass is 16.7. The smallest absolute Gasteiger partial charge is 0.307 e. The highest BCUT2D eigenvalue weighted by Crippen LogP contribution is 1.97. The van der Waals surface area contributed by atoms with Crippen LogP contribution in [0.25, 0.3) is 0 Å². The zero-order valence-corrected chi connectivity index (χ0v) is 9.17. The normalized spacial score (nSPS) is 9.38. The lowest BCUT2D eigenvalue weighted by atomic mass is 10.3. The summed E-state index contributed by atoms with van der Waals surface area (Å²) in [6.45, 7) is -0.201. The van der Waals surface area contributed by atoms with E-state index in [9.17, 15) is 19.7 Å². The third-order valence-electron chi connectivity index (χ3n) is 1.83. The summed E-state index contributed by atoms with van der Waals surface area (Å²) in [6.07, 6.45) is -0.197. The van der Waals surface area contributed by atoms with Crippen molar-refractivity contribution >= 4 is 11.9 Å². The number of carbonyl (C=O) groups is 2. The Labute approximate surface area is 92.2 Å². The molecule has 0 N–H and O–H groups in total. The van der Waals surface area contributed by atoms with Crippen LogP contribution in [0.3, 0.4) is 0 Å². The first kappa shape index (κ1) is 14.1. The Bertz CT molecular complexity index is 247. The van der Waals surface area contributed by atoms with Gasteiger partial charge >= 0.3 is 11.9 Å². The van der Waals surface area contributed by atoms with E-state index in [0.29, 0.717) is 0 Å². The number of hydrazine groups is 1. The van der Waals surface area contributed by atoms with Crippen molar-refractivity contribution in [2.24, 2.45) is 0 Å². The molecule has 0 heterocycles. The van der Waals surface area contributed by atoms with Crippen molar-refractivity contribution in [1.82, 2.24) is 5.01 Å². The average molecular weight is 234 g/mol. The standard InChI is InChI=1S/C8H14N2O6/c1-15-7(11)3-5-9(10(13)14)6-4-8(12)16-2/h3-6H2,1-2H3. The van der Waals surface area contributed by atoms with Gasteiger partial charge in [-0.25, -0.2) is 10.1 Å². The highest BCUT2D eigenvalue weighted by molar-refractivity contribution is 5.69. The first-order valence-corrected chi connectivity index (χ1v) is 4.54. The predicted octanol–water partition coefficient (Wildman–Crippen LogP) is -0.394. The third kappa shape index (κ3) is 5.78. The van der Waals surface area contributed by atoms with Gasteiger partial charge in [0.1, 0.15) is 0 Å². The number of methoxy groups -OCH3 is 2. The van der Waals surface area contributed by atoms with Crippen LogP contribution < -0.4 is 0 Å². The van der Waals surface area contributed by atoms with Gasteiger partial charge in [-0.15, -0.1) is 5.01 Å². The summed E-state index contributed by atoms with van der Waals surface area (Å²) in [7, 11) is 2.40. The largest absolute Gasteiger partial charge is 0.469 e. The molecular formula is C8H14N2O6. The molecule has 0 unspecified atom stereocenters. The summed E-state index contributed by atoms with van der Waals surface area (Å²) in [5.41, 5.74) is 0. The number of nitrogens with zero attached hydrogens (tertiary/aromatic N) is 2. The van der Waals surface area contributed by atoms with Crippen LogP contribution in [0, 0.1) is 10.1 Å². The van der Waals surface area contributed by atoms with Gasteiger partial charge in [-0.3, -0.25) is 9.59 Å². The number of esters is 2. The molecule has 0 aliphatic heterocycles. The monoisotopic (exact) mass is 234 g/mol. The Morgan fingerprint density at radius 1 is 1.12 bits per heavy atom. The number of nitro groups is 1. The van der Waals surface area contributed by atoms with Gasteiger partial charge < -0.3 is 9.47 Å². The van der Waals surface area contributed by atoms with Crippen molar-refractivity contribution in [3.63, 3.8) is 0 Å². The van der Waals surface area contributed by atoms with Crippen molar-refractivity contribution in [3.05, 3.63) is 10.1 Å². The lowest BCUT2D eigenvalue weighted by Gasteiger charge is -2.12. The Morgan fingerprint density at radius 3 is 1.75 bits per heavy atom. The second kappa shape index (κ2) is 7.43. The summed E-state index contributed by atoms with van der Waals surface area (Å²) in [4.78, 5) is 32.1. The molecule has 0 fully saturated rings. The minimum Gasteiger partial charge on any atom is -0.469 e. The molecule has 0 bridgehead atoms. The van der Waals surface area contributed by atoms with Gasteiger partial charge in [0, 0.05) is 0 Å². The number of rotatable bonds is 7. The van der Waals surface area contributed by atoms with Gasteiger partial charge in [-0.1, -0.05) is 0 Å². The summed E-state index contributed by atoms with van der Waals surface area (Å²) in [5.74, 6) is -1.07. The molecule has 0 atom stereocenters. The quantitative estimate of drug-likeness (QED) is 0.336. The van der Waals surface area contributed by atoms with Crippen molar-refractivity contribution in [2.45, 2.75) is 12.8 Å². The molecule has 0 aliphatic rings. The van der Waals surface area contributed by atoms with Crippen LogP contribution in [0.2, 0.25) is 0 Å². The molecule has 0 aromatic heterocycles. The molecule has 0 radical (unpaired) electrons. The second-order valence-corrected chi connectivity index (χ2v) is 2.84. The van der Waals surface area contributed by atoms with Gasteiger partial charge in [0.15, 0.2) is 5.03 Å². The van der Waals surface area contributed by atoms with Gasteiger partial charge in [0.2, 0.25) is 0 Å². The topological polar surface area (TPSA) is 99.0 Å². The van der Waals surface area contributed by atoms with Crippen LogP contribution in [0.1, 0.15) is 12.8 Å². The molecule has 0 rings (SSSR count). The highest BCUT2D eigenvalue weighted by Gasteiger charge is 2.17. The molecular weight excluding hydrogens is 220 g/mol. The molecule has 0 amide bonds. The van der Waals surface area contributed by atoms with Crippen LogP contribution in [0.15, 0.2) is 0 Å². The maximum atomic E-state index is 10.8. The summed E-state index contributed by atoms with van der Waals surface area (Å²) in [5, 5.41) is 10.6. The first-order valence-electron chi connectivity index (χ1n) is 4.54. The van der Waals surface area contributed by atoms with E-state index in [4.69, 9.17) is 0 Å². The van der Waals surface area contributed by atoms with Gasteiger partial charge in [0.05, 0.1) is 40.2 Å². The Morgan fingerprint density at radius 2 is 1.50 bits per heavy atom. The van der Waals surface area contributed by atoms with E-state index in [1.807, 2.05) is 0 Å². The van der Waals surface area contributed by atoms with Crippen LogP contribution in [0.5, 0.6) is 0 Å². The molecule has 8 nitrogen and oxygen atoms in total. The van der Waals surface area contributed by atoms with Gasteiger partial charge in [-0.05, 0) is 0 Å². The zero-order chi connectivity index (χ0) is 12.6. The van der Waals surface area contributed by atoms with Crippen LogP contribution in [-0.2, 0) is 19.1 Å². The van der Waals surface area contributed by atoms with E-state index in [-0.39, 0.29) is 25.9 Å². The molecule has 16 heavy (non-hydrogen) atoms. The molecule has 8 heteroatoms. The maximum absolute atomic E-state index is 10.8. The number of hydrogen-bond acceptors (Lipinski definition) is 6. The van der Waals surface area contributed by atoms with Crippen molar-refractivity contribution in [2.75, 3.05) is 27.3 Å². The number of hydrogen-bond donors (Lipinski definition) is 0. The van der Waals surface area contributed by atoms with E-state index in [2.05, 4.69) is 9.47 Å². The maximum Gasteiger partial charge on any atom is 0.307 e. The van der Waals surface area contributed by atoms with E-state index < -0.39 is 17.0 Å².